The van der Waals surface area contributed by atoms with E-state index in [0.717, 1.165) is 5.56 Å². The van der Waals surface area contributed by atoms with Crippen molar-refractivity contribution in [3.8, 4) is 0 Å². The van der Waals surface area contributed by atoms with E-state index in [1.807, 2.05) is 19.1 Å². The number of hydrogen-bond donors (Lipinski definition) is 0. The van der Waals surface area contributed by atoms with Gasteiger partial charge in [0.2, 0.25) is 0 Å². The van der Waals surface area contributed by atoms with Crippen molar-refractivity contribution in [3.63, 3.8) is 0 Å². The van der Waals surface area contributed by atoms with Gasteiger partial charge in [-0.1, -0.05) is 35.9 Å². The highest BCUT2D eigenvalue weighted by Gasteiger charge is 2.22. The van der Waals surface area contributed by atoms with Crippen molar-refractivity contribution in [1.29, 1.82) is 0 Å². The summed E-state index contributed by atoms with van der Waals surface area (Å²) in [5.41, 5.74) is 1.51. The van der Waals surface area contributed by atoms with Crippen LogP contribution in [0.5, 0.6) is 0 Å². The second kappa shape index (κ2) is 8.43. The van der Waals surface area contributed by atoms with Crippen molar-refractivity contribution in [3.05, 3.63) is 47.0 Å². The molecule has 1 aromatic rings. The second-order valence-electron chi connectivity index (χ2n) is 6.23. The molecule has 0 unspecified atom stereocenters. The van der Waals surface area contributed by atoms with Crippen LogP contribution in [0, 0.1) is 6.92 Å². The lowest BCUT2D eigenvalue weighted by Crippen LogP contribution is -2.24. The number of esters is 1. The summed E-state index contributed by atoms with van der Waals surface area (Å²) in [4.78, 5) is 28.3. The number of rotatable bonds is 4. The molecule has 130 valence electrons. The Morgan fingerprint density at radius 3 is 2.21 bits per heavy atom. The molecule has 5 heteroatoms. The summed E-state index contributed by atoms with van der Waals surface area (Å²) < 4.78 is 10.3. The molecule has 5 nitrogen and oxygen atoms in total. The van der Waals surface area contributed by atoms with E-state index >= 15 is 0 Å². The van der Waals surface area contributed by atoms with Gasteiger partial charge in [-0.3, -0.25) is 0 Å². The first-order valence-corrected chi connectivity index (χ1v) is 7.90. The highest BCUT2D eigenvalue weighted by Crippen LogP contribution is 2.15. The summed E-state index contributed by atoms with van der Waals surface area (Å²) in [7, 11) is 0. The van der Waals surface area contributed by atoms with E-state index in [-0.39, 0.29) is 17.9 Å². The summed E-state index contributed by atoms with van der Waals surface area (Å²) in [6.07, 6.45) is 0.836. The van der Waals surface area contributed by atoms with E-state index < -0.39 is 17.7 Å². The lowest BCUT2D eigenvalue weighted by Gasteiger charge is -2.18. The van der Waals surface area contributed by atoms with Crippen LogP contribution >= 0.6 is 0 Å². The number of carbonyl (C=O) groups is 2. The molecule has 0 aliphatic heterocycles. The Bertz CT molecular complexity index is 649. The van der Waals surface area contributed by atoms with Crippen LogP contribution in [0.4, 0.5) is 4.79 Å². The molecule has 24 heavy (non-hydrogen) atoms. The number of carbonyl (C=O) groups excluding carboxylic acids is 2. The molecule has 0 radical (unpaired) electrons. The zero-order chi connectivity index (χ0) is 18.3. The Morgan fingerprint density at radius 1 is 1.17 bits per heavy atom. The zero-order valence-corrected chi connectivity index (χ0v) is 15.2. The number of aryl methyl sites for hydroxylation is 1. The van der Waals surface area contributed by atoms with Gasteiger partial charge in [0, 0.05) is 5.56 Å². The van der Waals surface area contributed by atoms with Gasteiger partial charge in [-0.05, 0) is 41.5 Å². The average molecular weight is 331 g/mol. The number of hydrogen-bond acceptors (Lipinski definition) is 4. The molecule has 1 rings (SSSR count). The van der Waals surface area contributed by atoms with Crippen molar-refractivity contribution >= 4 is 17.8 Å². The molecule has 0 saturated heterocycles. The predicted molar refractivity (Wildman–Crippen MR) is 94.3 cm³/mol. The van der Waals surface area contributed by atoms with E-state index in [2.05, 4.69) is 4.99 Å². The first-order valence-electron chi connectivity index (χ1n) is 7.90. The van der Waals surface area contributed by atoms with Gasteiger partial charge in [0.1, 0.15) is 5.60 Å². The fraction of sp³-hybridized carbons (Fsp3) is 0.421. The number of ether oxygens (including phenoxy) is 2. The van der Waals surface area contributed by atoms with Crippen LogP contribution in [0.2, 0.25) is 0 Å². The van der Waals surface area contributed by atoms with Gasteiger partial charge in [-0.15, -0.1) is 0 Å². The van der Waals surface area contributed by atoms with Crippen LogP contribution in [0.1, 0.15) is 45.7 Å². The zero-order valence-electron chi connectivity index (χ0n) is 15.2. The van der Waals surface area contributed by atoms with E-state index in [1.165, 1.54) is 0 Å². The molecule has 0 spiro atoms. The van der Waals surface area contributed by atoms with Gasteiger partial charge in [-0.2, -0.15) is 4.99 Å². The minimum atomic E-state index is -0.748. The molecule has 0 fully saturated rings. The molecule has 0 N–H and O–H groups in total. The van der Waals surface area contributed by atoms with Gasteiger partial charge in [-0.25, -0.2) is 9.59 Å². The Balaban J connectivity index is 3.33. The molecule has 0 heterocycles. The van der Waals surface area contributed by atoms with E-state index in [9.17, 15) is 9.59 Å². The van der Waals surface area contributed by atoms with Crippen LogP contribution in [0.3, 0.4) is 0 Å². The third kappa shape index (κ3) is 5.99. The molecule has 0 atom stereocenters. The summed E-state index contributed by atoms with van der Waals surface area (Å²) in [5.74, 6) is -0.525. The second-order valence-corrected chi connectivity index (χ2v) is 6.23. The number of benzene rings is 1. The van der Waals surface area contributed by atoms with E-state index in [1.54, 1.807) is 52.8 Å². The largest absolute Gasteiger partial charge is 0.462 e. The lowest BCUT2D eigenvalue weighted by molar-refractivity contribution is -0.137. The van der Waals surface area contributed by atoms with Gasteiger partial charge in [0.05, 0.1) is 17.9 Å². The topological polar surface area (TPSA) is 65.0 Å². The summed E-state index contributed by atoms with van der Waals surface area (Å²) in [5, 5.41) is 0. The fourth-order valence-corrected chi connectivity index (χ4v) is 1.93. The molecular weight excluding hydrogens is 306 g/mol. The fourth-order valence-electron chi connectivity index (χ4n) is 1.93. The first kappa shape index (κ1) is 19.6. The Labute approximate surface area is 143 Å². The first-order chi connectivity index (χ1) is 11.2. The highest BCUT2D eigenvalue weighted by molar-refractivity contribution is 6.28. The third-order valence-corrected chi connectivity index (χ3v) is 2.96. The standard InChI is InChI=1S/C19H25NO4/c1-7-15(17(21)23-8-2)16(14-11-9-13(3)10-12-14)20-18(22)24-19(4,5)6/h7,9-12H,8H2,1-6H3/b15-7+,20-16-. The average Bonchev–Trinajstić information content (AvgIpc) is 2.46. The molecule has 0 aliphatic rings. The van der Waals surface area contributed by atoms with E-state index in [0.29, 0.717) is 5.56 Å². The number of amides is 1. The molecule has 0 bridgehead atoms. The molecular formula is C19H25NO4. The smallest absolute Gasteiger partial charge is 0.434 e. The number of nitrogens with zero attached hydrogens (tertiary/aromatic N) is 1. The highest BCUT2D eigenvalue weighted by atomic mass is 16.6. The maximum absolute atomic E-state index is 12.2. The van der Waals surface area contributed by atoms with Crippen LogP contribution in [-0.2, 0) is 14.3 Å². The van der Waals surface area contributed by atoms with Crippen molar-refractivity contribution in [2.75, 3.05) is 6.61 Å². The van der Waals surface area contributed by atoms with Crippen molar-refractivity contribution in [1.82, 2.24) is 0 Å². The normalized spacial score (nSPS) is 12.8. The summed E-state index contributed by atoms with van der Waals surface area (Å²) >= 11 is 0. The predicted octanol–water partition coefficient (Wildman–Crippen LogP) is 4.23. The molecule has 1 amide bonds. The maximum Gasteiger partial charge on any atom is 0.434 e. The third-order valence-electron chi connectivity index (χ3n) is 2.96. The Hall–Kier alpha value is -2.43. The van der Waals surface area contributed by atoms with Gasteiger partial charge >= 0.3 is 12.1 Å². The van der Waals surface area contributed by atoms with Crippen molar-refractivity contribution in [2.24, 2.45) is 4.99 Å². The van der Waals surface area contributed by atoms with Crippen LogP contribution in [0.25, 0.3) is 0 Å². The van der Waals surface area contributed by atoms with Gasteiger partial charge < -0.3 is 9.47 Å². The number of allylic oxidation sites excluding steroid dienone is 1. The minimum absolute atomic E-state index is 0.228. The van der Waals surface area contributed by atoms with Crippen molar-refractivity contribution in [2.45, 2.75) is 47.1 Å². The van der Waals surface area contributed by atoms with Crippen LogP contribution in [-0.4, -0.2) is 30.0 Å². The maximum atomic E-state index is 12.2. The molecule has 0 aromatic heterocycles. The molecule has 1 aromatic carbocycles. The van der Waals surface area contributed by atoms with Crippen LogP contribution in [0.15, 0.2) is 40.9 Å². The molecule has 0 aliphatic carbocycles. The monoisotopic (exact) mass is 331 g/mol. The Kier molecular flexibility index (Phi) is 6.89. The summed E-state index contributed by atoms with van der Waals surface area (Å²) in [6, 6.07) is 7.39. The van der Waals surface area contributed by atoms with E-state index in [4.69, 9.17) is 9.47 Å². The van der Waals surface area contributed by atoms with Crippen LogP contribution < -0.4 is 0 Å². The summed E-state index contributed by atoms with van der Waals surface area (Å²) in [6.45, 7) is 10.9. The van der Waals surface area contributed by atoms with Gasteiger partial charge in [0.25, 0.3) is 0 Å². The number of aliphatic imine (C=N–C) groups is 1. The SMILES string of the molecule is C/C=C(C(=O)OCC)\C(=N/C(=O)OC(C)(C)C)c1ccc(C)cc1. The minimum Gasteiger partial charge on any atom is -0.462 e. The quantitative estimate of drug-likeness (QED) is 0.470. The molecule has 0 saturated carbocycles. The Morgan fingerprint density at radius 2 is 1.75 bits per heavy atom. The van der Waals surface area contributed by atoms with Gasteiger partial charge in [0.15, 0.2) is 0 Å². The van der Waals surface area contributed by atoms with Crippen molar-refractivity contribution < 1.29 is 19.1 Å². The lowest BCUT2D eigenvalue weighted by atomic mass is 10.0.